The second kappa shape index (κ2) is 11.4. The van der Waals surface area contributed by atoms with E-state index >= 15 is 0 Å². The summed E-state index contributed by atoms with van der Waals surface area (Å²) in [5.41, 5.74) is 1.33. The van der Waals surface area contributed by atoms with Gasteiger partial charge in [0.05, 0.1) is 34.1 Å². The first kappa shape index (κ1) is 28.4. The molecule has 4 aromatic rings. The molecule has 1 aromatic carbocycles. The zero-order valence-corrected chi connectivity index (χ0v) is 23.8. The molecule has 1 amide bonds. The second-order valence-electron chi connectivity index (χ2n) is 10.3. The van der Waals surface area contributed by atoms with Gasteiger partial charge in [0.2, 0.25) is 5.91 Å². The van der Waals surface area contributed by atoms with Crippen molar-refractivity contribution < 1.29 is 14.3 Å². The quantitative estimate of drug-likeness (QED) is 0.338. The summed E-state index contributed by atoms with van der Waals surface area (Å²) < 4.78 is 16.3. The molecule has 41 heavy (non-hydrogen) atoms. The Morgan fingerprint density at radius 2 is 2.00 bits per heavy atom. The lowest BCUT2D eigenvalue weighted by atomic mass is 10.0. The number of halogens is 2. The number of rotatable bonds is 6. The van der Waals surface area contributed by atoms with Gasteiger partial charge in [-0.25, -0.2) is 18.7 Å². The number of pyridine rings is 2. The molecule has 0 unspecified atom stereocenters. The fourth-order valence-corrected chi connectivity index (χ4v) is 5.54. The zero-order chi connectivity index (χ0) is 29.4. The van der Waals surface area contributed by atoms with Crippen molar-refractivity contribution in [2.24, 2.45) is 0 Å². The van der Waals surface area contributed by atoms with Gasteiger partial charge in [-0.2, -0.15) is 4.98 Å². The number of fused-ring (bicyclic) bond motifs is 1. The predicted octanol–water partition coefficient (Wildman–Crippen LogP) is 4.47. The van der Waals surface area contributed by atoms with E-state index in [-0.39, 0.29) is 46.4 Å². The zero-order valence-electron chi connectivity index (χ0n) is 23.0. The van der Waals surface area contributed by atoms with Crippen LogP contribution in [0.4, 0.5) is 10.2 Å². The molecule has 0 bridgehead atoms. The first-order chi connectivity index (χ1) is 19.7. The van der Waals surface area contributed by atoms with Gasteiger partial charge in [0.1, 0.15) is 11.6 Å². The number of piperazine rings is 1. The molecule has 4 heterocycles. The molecular weight excluding hydrogens is 547 g/mol. The fourth-order valence-electron chi connectivity index (χ4n) is 5.29. The third-order valence-corrected chi connectivity index (χ3v) is 7.58. The van der Waals surface area contributed by atoms with Crippen LogP contribution in [0.3, 0.4) is 0 Å². The number of aromatic nitrogens is 4. The van der Waals surface area contributed by atoms with Gasteiger partial charge < -0.3 is 14.9 Å². The molecule has 5 rings (SSSR count). The summed E-state index contributed by atoms with van der Waals surface area (Å²) in [7, 11) is 0. The lowest BCUT2D eigenvalue weighted by Crippen LogP contribution is -2.54. The van der Waals surface area contributed by atoms with Crippen molar-refractivity contribution in [1.82, 2.24) is 24.4 Å². The monoisotopic (exact) mass is 576 g/mol. The van der Waals surface area contributed by atoms with Crippen LogP contribution in [0.15, 0.2) is 60.0 Å². The van der Waals surface area contributed by atoms with Gasteiger partial charge in [-0.1, -0.05) is 44.2 Å². The molecule has 1 fully saturated rings. The number of carbonyl (C=O) groups is 1. The summed E-state index contributed by atoms with van der Waals surface area (Å²) in [5, 5.41) is 10.9. The smallest absolute Gasteiger partial charge is 0.355 e. The van der Waals surface area contributed by atoms with Crippen LogP contribution < -0.4 is 10.6 Å². The highest BCUT2D eigenvalue weighted by Crippen LogP contribution is 2.36. The molecule has 1 saturated heterocycles. The van der Waals surface area contributed by atoms with E-state index in [2.05, 4.69) is 16.5 Å². The Morgan fingerprint density at radius 3 is 2.66 bits per heavy atom. The molecule has 1 N–H and O–H groups in total. The van der Waals surface area contributed by atoms with E-state index in [9.17, 15) is 19.1 Å². The van der Waals surface area contributed by atoms with Crippen LogP contribution >= 0.6 is 11.6 Å². The minimum absolute atomic E-state index is 0.105. The van der Waals surface area contributed by atoms with Gasteiger partial charge in [0.25, 0.3) is 0 Å². The van der Waals surface area contributed by atoms with Crippen LogP contribution in [-0.2, 0) is 11.4 Å². The molecule has 212 valence electrons. The highest BCUT2D eigenvalue weighted by molar-refractivity contribution is 6.33. The van der Waals surface area contributed by atoms with Crippen molar-refractivity contribution in [1.29, 1.82) is 0 Å². The third-order valence-electron chi connectivity index (χ3n) is 7.29. The van der Waals surface area contributed by atoms with E-state index in [0.29, 0.717) is 47.8 Å². The van der Waals surface area contributed by atoms with Crippen LogP contribution in [0.1, 0.15) is 37.9 Å². The molecule has 0 aliphatic carbocycles. The number of nitrogens with zero attached hydrogens (tertiary/aromatic N) is 6. The van der Waals surface area contributed by atoms with Crippen molar-refractivity contribution in [3.63, 3.8) is 0 Å². The highest BCUT2D eigenvalue weighted by atomic mass is 35.5. The number of aliphatic hydroxyl groups excluding tert-OH is 1. The fraction of sp³-hybridized carbons (Fsp3) is 0.300. The van der Waals surface area contributed by atoms with Crippen molar-refractivity contribution >= 4 is 34.4 Å². The van der Waals surface area contributed by atoms with Crippen LogP contribution in [0.5, 0.6) is 0 Å². The minimum Gasteiger partial charge on any atom is -0.392 e. The lowest BCUT2D eigenvalue weighted by Gasteiger charge is -2.40. The van der Waals surface area contributed by atoms with Gasteiger partial charge in [-0.3, -0.25) is 9.78 Å². The maximum atomic E-state index is 14.9. The number of anilines is 1. The van der Waals surface area contributed by atoms with E-state index in [4.69, 9.17) is 16.6 Å². The molecule has 0 radical (unpaired) electrons. The first-order valence-electron chi connectivity index (χ1n) is 13.3. The summed E-state index contributed by atoms with van der Waals surface area (Å²) in [4.78, 5) is 43.7. The van der Waals surface area contributed by atoms with Gasteiger partial charge >= 0.3 is 5.69 Å². The number of aliphatic hydroxyl groups is 1. The summed E-state index contributed by atoms with van der Waals surface area (Å²) in [6.07, 6.45) is 2.87. The largest absolute Gasteiger partial charge is 0.392 e. The maximum Gasteiger partial charge on any atom is 0.355 e. The van der Waals surface area contributed by atoms with E-state index < -0.39 is 11.5 Å². The van der Waals surface area contributed by atoms with Crippen molar-refractivity contribution in [3.8, 4) is 16.9 Å². The summed E-state index contributed by atoms with van der Waals surface area (Å²) >= 11 is 6.74. The number of amides is 1. The molecule has 0 spiro atoms. The Labute approximate surface area is 241 Å². The van der Waals surface area contributed by atoms with Crippen LogP contribution in [0.2, 0.25) is 5.02 Å². The van der Waals surface area contributed by atoms with Gasteiger partial charge in [-0.05, 0) is 43.2 Å². The van der Waals surface area contributed by atoms with Crippen molar-refractivity contribution in [2.45, 2.75) is 39.3 Å². The number of hydrogen-bond donors (Lipinski definition) is 1. The van der Waals surface area contributed by atoms with E-state index in [0.717, 1.165) is 0 Å². The maximum absolute atomic E-state index is 14.9. The molecule has 11 heteroatoms. The summed E-state index contributed by atoms with van der Waals surface area (Å²) in [6.45, 7) is 10.2. The third kappa shape index (κ3) is 5.09. The Kier molecular flexibility index (Phi) is 7.88. The van der Waals surface area contributed by atoms with Crippen molar-refractivity contribution in [2.75, 3.05) is 24.5 Å². The van der Waals surface area contributed by atoms with Gasteiger partial charge in [0, 0.05) is 43.0 Å². The Morgan fingerprint density at radius 1 is 1.24 bits per heavy atom. The molecule has 9 nitrogen and oxygen atoms in total. The number of carbonyl (C=O) groups excluding carboxylic acids is 1. The average molecular weight is 577 g/mol. The minimum atomic E-state index is -0.636. The van der Waals surface area contributed by atoms with Crippen LogP contribution in [-0.4, -0.2) is 61.1 Å². The lowest BCUT2D eigenvalue weighted by molar-refractivity contribution is -0.126. The molecule has 1 aliphatic rings. The second-order valence-corrected chi connectivity index (χ2v) is 10.7. The molecule has 1 aliphatic heterocycles. The van der Waals surface area contributed by atoms with E-state index in [1.54, 1.807) is 41.4 Å². The van der Waals surface area contributed by atoms with Gasteiger partial charge in [-0.15, -0.1) is 0 Å². The highest BCUT2D eigenvalue weighted by Gasteiger charge is 2.30. The van der Waals surface area contributed by atoms with Crippen LogP contribution in [0, 0.1) is 5.82 Å². The average Bonchev–Trinajstić information content (AvgIpc) is 2.96. The van der Waals surface area contributed by atoms with E-state index in [1.165, 1.54) is 16.7 Å². The summed E-state index contributed by atoms with van der Waals surface area (Å²) in [6, 6.07) is 9.22. The predicted molar refractivity (Wildman–Crippen MR) is 157 cm³/mol. The summed E-state index contributed by atoms with van der Waals surface area (Å²) in [5.74, 6) is -0.430. The normalized spacial score (nSPS) is 15.5. The standard InChI is InChI=1S/C30H30ClFN6O3/c1-5-24(40)36-12-13-37(18(4)15-36)28-21-14-22(31)26(20-8-6-7-9-23(20)32)34-29(21)38(30(41)35-28)27-19(16-39)10-11-33-25(27)17(2)3/h5-11,14,17-18,39H,1,12-13,15-16H2,2-4H3/t18-/m0/s1. The molecule has 1 atom stereocenters. The SMILES string of the molecule is C=CC(=O)N1CCN(c2nc(=O)n(-c3c(CO)ccnc3C(C)C)c3nc(-c4ccccc4F)c(Cl)cc23)[C@@H](C)C1. The molecule has 0 saturated carbocycles. The van der Waals surface area contributed by atoms with Gasteiger partial charge in [0.15, 0.2) is 5.65 Å². The Bertz CT molecular complexity index is 1720. The molecule has 3 aromatic heterocycles. The topological polar surface area (TPSA) is 104 Å². The van der Waals surface area contributed by atoms with Crippen LogP contribution in [0.25, 0.3) is 28.0 Å². The Balaban J connectivity index is 1.83. The van der Waals surface area contributed by atoms with Crippen molar-refractivity contribution in [3.05, 3.63) is 87.8 Å². The first-order valence-corrected chi connectivity index (χ1v) is 13.7. The Hall–Kier alpha value is -4.15. The molecular formula is C30H30ClFN6O3. The number of benzene rings is 1. The number of hydrogen-bond acceptors (Lipinski definition) is 7. The van der Waals surface area contributed by atoms with E-state index in [1.807, 2.05) is 25.7 Å².